The van der Waals surface area contributed by atoms with Gasteiger partial charge in [0, 0.05) is 12.8 Å². The van der Waals surface area contributed by atoms with E-state index in [1.165, 1.54) is 64.2 Å². The number of hydrogen-bond donors (Lipinski definition) is 3. The third-order valence-corrected chi connectivity index (χ3v) is 9.39. The Kier molecular flexibility index (Phi) is 37.2. The average Bonchev–Trinajstić information content (AvgIpc) is 3.16. The average molecular weight is 783 g/mol. The number of carbonyl (C=O) groups is 2. The fourth-order valence-corrected chi connectivity index (χ4v) is 6.05. The first kappa shape index (κ1) is 51.7. The maximum atomic E-state index is 12.6. The number of phosphoric acid groups is 1. The largest absolute Gasteiger partial charge is 0.472 e. The van der Waals surface area contributed by atoms with Crippen LogP contribution in [0.5, 0.6) is 0 Å². The molecule has 0 radical (unpaired) electrons. The lowest BCUT2D eigenvalue weighted by molar-refractivity contribution is -0.161. The van der Waals surface area contributed by atoms with Crippen LogP contribution in [-0.4, -0.2) is 65.7 Å². The van der Waals surface area contributed by atoms with E-state index in [4.69, 9.17) is 19.1 Å². The second kappa shape index (κ2) is 38.9. The summed E-state index contributed by atoms with van der Waals surface area (Å²) in [5.74, 6) is -0.994. The maximum absolute atomic E-state index is 12.6. The molecule has 0 saturated carbocycles. The van der Waals surface area contributed by atoms with E-state index in [1.54, 1.807) is 0 Å². The molecule has 0 aliphatic heterocycles. The van der Waals surface area contributed by atoms with E-state index >= 15 is 0 Å². The molecule has 1 unspecified atom stereocenters. The number of carbonyl (C=O) groups excluding carboxylic acids is 2. The summed E-state index contributed by atoms with van der Waals surface area (Å²) in [4.78, 5) is 34.9. The molecule has 0 fully saturated rings. The zero-order valence-electron chi connectivity index (χ0n) is 33.7. The highest BCUT2D eigenvalue weighted by Crippen LogP contribution is 2.43. The van der Waals surface area contributed by atoms with Crippen LogP contribution in [0.4, 0.5) is 0 Å². The predicted molar refractivity (Wildman–Crippen MR) is 219 cm³/mol. The van der Waals surface area contributed by atoms with E-state index in [9.17, 15) is 24.2 Å². The van der Waals surface area contributed by atoms with Crippen molar-refractivity contribution in [2.24, 2.45) is 0 Å². The van der Waals surface area contributed by atoms with Crippen LogP contribution in [0.15, 0.2) is 60.8 Å². The van der Waals surface area contributed by atoms with Crippen LogP contribution in [0.2, 0.25) is 0 Å². The topological polar surface area (TPSA) is 149 Å². The lowest BCUT2D eigenvalue weighted by Gasteiger charge is -2.20. The molecule has 0 bridgehead atoms. The summed E-state index contributed by atoms with van der Waals surface area (Å²) in [6.45, 7) is 2.19. The van der Waals surface area contributed by atoms with Gasteiger partial charge in [0.15, 0.2) is 6.10 Å². The molecule has 3 atom stereocenters. The molecule has 54 heavy (non-hydrogen) atoms. The molecule has 11 heteroatoms. The summed E-state index contributed by atoms with van der Waals surface area (Å²) in [6.07, 6.45) is 41.9. The number of aliphatic hydroxyl groups is 2. The van der Waals surface area contributed by atoms with Crippen molar-refractivity contribution in [3.05, 3.63) is 60.8 Å². The van der Waals surface area contributed by atoms with Crippen molar-refractivity contribution in [1.29, 1.82) is 0 Å². The molecular formula is C43H75O10P. The van der Waals surface area contributed by atoms with Gasteiger partial charge in [0.25, 0.3) is 0 Å². The molecule has 0 saturated heterocycles. The standard InChI is InChI=1S/C43H75O10P/c1-3-5-7-9-11-13-15-17-19-20-21-23-24-26-28-30-32-34-42(46)50-38-41(39-52-54(48,49)51-37-40(45)36-44)53-43(47)35-33-31-29-27-25-22-18-16-14-12-10-8-6-4-2/h5,7,11,13,17,19,21,23,26,28,40-41,44-45H,3-4,6,8-10,12,14-16,18,20,22,24-25,27,29-39H2,1-2H3,(H,48,49)/b7-5-,13-11-,19-17-,23-21-,28-26-/t40-,41+/m0/s1. The van der Waals surface area contributed by atoms with Crippen LogP contribution in [0.25, 0.3) is 0 Å². The van der Waals surface area contributed by atoms with Gasteiger partial charge in [0.2, 0.25) is 0 Å². The fraction of sp³-hybridized carbons (Fsp3) is 0.721. The molecule has 0 amide bonds. The lowest BCUT2D eigenvalue weighted by Crippen LogP contribution is -2.29. The molecule has 312 valence electrons. The second-order valence-electron chi connectivity index (χ2n) is 13.6. The van der Waals surface area contributed by atoms with Crippen LogP contribution in [-0.2, 0) is 32.7 Å². The first-order valence-electron chi connectivity index (χ1n) is 20.7. The molecule has 0 aromatic heterocycles. The highest BCUT2D eigenvalue weighted by atomic mass is 31.2. The van der Waals surface area contributed by atoms with Gasteiger partial charge in [-0.1, -0.05) is 158 Å². The van der Waals surface area contributed by atoms with Gasteiger partial charge >= 0.3 is 19.8 Å². The molecule has 0 aliphatic carbocycles. The number of aliphatic hydroxyl groups excluding tert-OH is 2. The summed E-state index contributed by atoms with van der Waals surface area (Å²) in [5.41, 5.74) is 0. The first-order chi connectivity index (χ1) is 26.2. The number of ether oxygens (including phenoxy) is 2. The van der Waals surface area contributed by atoms with E-state index in [0.717, 1.165) is 51.4 Å². The Morgan fingerprint density at radius 2 is 1.02 bits per heavy atom. The van der Waals surface area contributed by atoms with Gasteiger partial charge < -0.3 is 24.6 Å². The van der Waals surface area contributed by atoms with Gasteiger partial charge in [-0.3, -0.25) is 18.6 Å². The van der Waals surface area contributed by atoms with Crippen LogP contribution in [0.3, 0.4) is 0 Å². The molecular weight excluding hydrogens is 707 g/mol. The van der Waals surface area contributed by atoms with Crippen LogP contribution >= 0.6 is 7.82 Å². The summed E-state index contributed by atoms with van der Waals surface area (Å²) < 4.78 is 32.6. The number of allylic oxidation sites excluding steroid dienone is 10. The van der Waals surface area contributed by atoms with E-state index < -0.39 is 51.8 Å². The molecule has 10 nitrogen and oxygen atoms in total. The smallest absolute Gasteiger partial charge is 0.462 e. The molecule has 0 heterocycles. The summed E-state index contributed by atoms with van der Waals surface area (Å²) in [7, 11) is -4.63. The minimum Gasteiger partial charge on any atom is -0.462 e. The Hall–Kier alpha value is -2.33. The quantitative estimate of drug-likeness (QED) is 0.0239. The van der Waals surface area contributed by atoms with Crippen molar-refractivity contribution in [2.45, 2.75) is 174 Å². The van der Waals surface area contributed by atoms with Gasteiger partial charge in [0.05, 0.1) is 19.8 Å². The van der Waals surface area contributed by atoms with Gasteiger partial charge in [-0.15, -0.1) is 0 Å². The number of unbranched alkanes of at least 4 members (excludes halogenated alkanes) is 14. The fourth-order valence-electron chi connectivity index (χ4n) is 5.26. The summed E-state index contributed by atoms with van der Waals surface area (Å²) >= 11 is 0. The Labute approximate surface area is 327 Å². The number of phosphoric ester groups is 1. The first-order valence-corrected chi connectivity index (χ1v) is 22.2. The summed E-state index contributed by atoms with van der Waals surface area (Å²) in [5, 5.41) is 18.3. The lowest BCUT2D eigenvalue weighted by atomic mass is 10.0. The van der Waals surface area contributed by atoms with Crippen LogP contribution in [0.1, 0.15) is 162 Å². The van der Waals surface area contributed by atoms with Crippen molar-refractivity contribution >= 4 is 19.8 Å². The molecule has 0 spiro atoms. The van der Waals surface area contributed by atoms with Crippen molar-refractivity contribution in [1.82, 2.24) is 0 Å². The van der Waals surface area contributed by atoms with Crippen molar-refractivity contribution in [3.63, 3.8) is 0 Å². The number of hydrogen-bond acceptors (Lipinski definition) is 9. The van der Waals surface area contributed by atoms with E-state index in [0.29, 0.717) is 19.3 Å². The Morgan fingerprint density at radius 3 is 1.52 bits per heavy atom. The second-order valence-corrected chi connectivity index (χ2v) is 15.1. The van der Waals surface area contributed by atoms with E-state index in [2.05, 4.69) is 73.1 Å². The number of rotatable bonds is 38. The van der Waals surface area contributed by atoms with E-state index in [1.807, 2.05) is 6.08 Å². The normalized spacial score (nSPS) is 14.5. The Balaban J connectivity index is 4.42. The van der Waals surface area contributed by atoms with Crippen LogP contribution < -0.4 is 0 Å². The molecule has 3 N–H and O–H groups in total. The van der Waals surface area contributed by atoms with Gasteiger partial charge in [-0.2, -0.15) is 0 Å². The maximum Gasteiger partial charge on any atom is 0.472 e. The monoisotopic (exact) mass is 783 g/mol. The predicted octanol–water partition coefficient (Wildman–Crippen LogP) is 10.7. The Morgan fingerprint density at radius 1 is 0.574 bits per heavy atom. The minimum atomic E-state index is -4.63. The highest BCUT2D eigenvalue weighted by Gasteiger charge is 2.27. The van der Waals surface area contributed by atoms with Gasteiger partial charge in [0.1, 0.15) is 12.7 Å². The van der Waals surface area contributed by atoms with Crippen LogP contribution in [0, 0.1) is 0 Å². The van der Waals surface area contributed by atoms with Crippen molar-refractivity contribution in [2.75, 3.05) is 26.4 Å². The molecule has 0 rings (SSSR count). The zero-order chi connectivity index (χ0) is 39.8. The molecule has 0 aromatic rings. The SMILES string of the molecule is CC/C=C\C/C=C\C/C=C\C/C=C\C/C=C\CCCC(=O)OC[C@H](COP(=O)(O)OC[C@@H](O)CO)OC(=O)CCCCCCCCCCCCCCCC. The zero-order valence-corrected chi connectivity index (χ0v) is 34.6. The van der Waals surface area contributed by atoms with E-state index in [-0.39, 0.29) is 19.4 Å². The van der Waals surface area contributed by atoms with Crippen molar-refractivity contribution in [3.8, 4) is 0 Å². The van der Waals surface area contributed by atoms with Crippen molar-refractivity contribution < 1.29 is 47.8 Å². The third kappa shape index (κ3) is 38.0. The molecule has 0 aromatic carbocycles. The third-order valence-electron chi connectivity index (χ3n) is 8.44. The highest BCUT2D eigenvalue weighted by molar-refractivity contribution is 7.47. The van der Waals surface area contributed by atoms with Gasteiger partial charge in [-0.05, 0) is 51.4 Å². The minimum absolute atomic E-state index is 0.162. The molecule has 0 aliphatic rings. The summed E-state index contributed by atoms with van der Waals surface area (Å²) in [6, 6.07) is 0. The van der Waals surface area contributed by atoms with Gasteiger partial charge in [-0.25, -0.2) is 4.57 Å². The number of esters is 2. The Bertz CT molecular complexity index is 1080.